The minimum absolute atomic E-state index is 0.0531. The van der Waals surface area contributed by atoms with Gasteiger partial charge in [0.2, 0.25) is 0 Å². The third-order valence-corrected chi connectivity index (χ3v) is 4.40. The van der Waals surface area contributed by atoms with Crippen LogP contribution in [0.15, 0.2) is 54.9 Å². The topological polar surface area (TPSA) is 34.4 Å². The molecule has 3 nitrogen and oxygen atoms in total. The molecule has 3 aromatic rings. The Morgan fingerprint density at radius 2 is 2.05 bits per heavy atom. The smallest absolute Gasteiger partial charge is 0.196 e. The van der Waals surface area contributed by atoms with E-state index in [0.29, 0.717) is 11.5 Å². The molecule has 1 saturated carbocycles. The molecule has 1 aromatic carbocycles. The first-order chi connectivity index (χ1) is 10.3. The van der Waals surface area contributed by atoms with Crippen LogP contribution in [0.4, 0.5) is 0 Å². The SMILES string of the molecule is O=C(c1cccc(C2CCC2)c1)c1cnn2ccccc12. The van der Waals surface area contributed by atoms with E-state index in [0.717, 1.165) is 11.1 Å². The maximum absolute atomic E-state index is 12.7. The second-order valence-electron chi connectivity index (χ2n) is 5.67. The van der Waals surface area contributed by atoms with Crippen LogP contribution in [-0.2, 0) is 0 Å². The van der Waals surface area contributed by atoms with Gasteiger partial charge in [-0.05, 0) is 42.5 Å². The molecule has 0 amide bonds. The Bertz CT molecular complexity index is 815. The van der Waals surface area contributed by atoms with E-state index in [4.69, 9.17) is 0 Å². The predicted octanol–water partition coefficient (Wildman–Crippen LogP) is 3.83. The molecule has 1 aliphatic carbocycles. The van der Waals surface area contributed by atoms with Crippen molar-refractivity contribution in [3.8, 4) is 0 Å². The fraction of sp³-hybridized carbons (Fsp3) is 0.222. The predicted molar refractivity (Wildman–Crippen MR) is 81.7 cm³/mol. The van der Waals surface area contributed by atoms with Gasteiger partial charge >= 0.3 is 0 Å². The molecule has 0 N–H and O–H groups in total. The van der Waals surface area contributed by atoms with Crippen LogP contribution in [0.2, 0.25) is 0 Å². The van der Waals surface area contributed by atoms with Gasteiger partial charge in [0.05, 0.1) is 17.3 Å². The summed E-state index contributed by atoms with van der Waals surface area (Å²) in [5.74, 6) is 0.694. The number of nitrogens with zero attached hydrogens (tertiary/aromatic N) is 2. The number of hydrogen-bond acceptors (Lipinski definition) is 2. The maximum atomic E-state index is 12.7. The number of fused-ring (bicyclic) bond motifs is 1. The van der Waals surface area contributed by atoms with Crippen LogP contribution >= 0.6 is 0 Å². The third-order valence-electron chi connectivity index (χ3n) is 4.40. The number of pyridine rings is 1. The first-order valence-electron chi connectivity index (χ1n) is 7.40. The van der Waals surface area contributed by atoms with E-state index in [1.165, 1.54) is 24.8 Å². The van der Waals surface area contributed by atoms with Crippen molar-refractivity contribution >= 4 is 11.3 Å². The number of carbonyl (C=O) groups excluding carboxylic acids is 1. The van der Waals surface area contributed by atoms with Crippen molar-refractivity contribution in [1.29, 1.82) is 0 Å². The minimum Gasteiger partial charge on any atom is -0.288 e. The molecule has 0 saturated heterocycles. The summed E-state index contributed by atoms with van der Waals surface area (Å²) in [6, 6.07) is 13.8. The molecule has 0 bridgehead atoms. The van der Waals surface area contributed by atoms with E-state index in [1.54, 1.807) is 10.7 Å². The molecular weight excluding hydrogens is 260 g/mol. The number of rotatable bonds is 3. The average Bonchev–Trinajstić information content (AvgIpc) is 2.89. The van der Waals surface area contributed by atoms with Crippen molar-refractivity contribution in [3.05, 3.63) is 71.5 Å². The molecule has 4 rings (SSSR count). The van der Waals surface area contributed by atoms with Crippen molar-refractivity contribution in [2.75, 3.05) is 0 Å². The standard InChI is InChI=1S/C18H16N2O/c21-18(16-12-19-20-10-2-1-9-17(16)20)15-8-4-7-14(11-15)13-5-3-6-13/h1-2,4,7-13H,3,5-6H2. The maximum Gasteiger partial charge on any atom is 0.196 e. The van der Waals surface area contributed by atoms with Crippen LogP contribution in [0.3, 0.4) is 0 Å². The van der Waals surface area contributed by atoms with Crippen LogP contribution in [0.1, 0.15) is 46.7 Å². The Kier molecular flexibility index (Phi) is 2.85. The molecule has 2 heterocycles. The van der Waals surface area contributed by atoms with E-state index in [-0.39, 0.29) is 5.78 Å². The summed E-state index contributed by atoms with van der Waals surface area (Å²) in [7, 11) is 0. The van der Waals surface area contributed by atoms with Crippen molar-refractivity contribution in [2.24, 2.45) is 0 Å². The Balaban J connectivity index is 1.74. The Morgan fingerprint density at radius 1 is 1.14 bits per heavy atom. The van der Waals surface area contributed by atoms with Gasteiger partial charge in [0, 0.05) is 11.8 Å². The number of ketones is 1. The summed E-state index contributed by atoms with van der Waals surface area (Å²) in [6.45, 7) is 0. The summed E-state index contributed by atoms with van der Waals surface area (Å²) in [5, 5.41) is 4.25. The van der Waals surface area contributed by atoms with Crippen LogP contribution in [0, 0.1) is 0 Å². The number of benzene rings is 1. The van der Waals surface area contributed by atoms with Crippen LogP contribution in [0.5, 0.6) is 0 Å². The summed E-state index contributed by atoms with van der Waals surface area (Å²) in [4.78, 5) is 12.7. The van der Waals surface area contributed by atoms with Crippen molar-refractivity contribution in [1.82, 2.24) is 9.61 Å². The molecule has 104 valence electrons. The van der Waals surface area contributed by atoms with Crippen LogP contribution in [-0.4, -0.2) is 15.4 Å². The zero-order valence-corrected chi connectivity index (χ0v) is 11.7. The highest BCUT2D eigenvalue weighted by Crippen LogP contribution is 2.36. The highest BCUT2D eigenvalue weighted by atomic mass is 16.1. The highest BCUT2D eigenvalue weighted by Gasteiger charge is 2.21. The molecule has 0 aliphatic heterocycles. The molecule has 3 heteroatoms. The second kappa shape index (κ2) is 4.85. The zero-order chi connectivity index (χ0) is 14.2. The summed E-state index contributed by atoms with van der Waals surface area (Å²) < 4.78 is 1.74. The van der Waals surface area contributed by atoms with E-state index in [1.807, 2.05) is 36.5 Å². The largest absolute Gasteiger partial charge is 0.288 e. The van der Waals surface area contributed by atoms with Crippen molar-refractivity contribution in [2.45, 2.75) is 25.2 Å². The minimum atomic E-state index is 0.0531. The molecule has 1 fully saturated rings. The Labute approximate surface area is 123 Å². The van der Waals surface area contributed by atoms with Gasteiger partial charge < -0.3 is 0 Å². The quantitative estimate of drug-likeness (QED) is 0.681. The Morgan fingerprint density at radius 3 is 2.86 bits per heavy atom. The molecule has 1 aliphatic rings. The molecular formula is C18H16N2O. The molecule has 0 atom stereocenters. The van der Waals surface area contributed by atoms with Gasteiger partial charge in [0.25, 0.3) is 0 Å². The monoisotopic (exact) mass is 276 g/mol. The van der Waals surface area contributed by atoms with E-state index in [2.05, 4.69) is 17.2 Å². The summed E-state index contributed by atoms with van der Waals surface area (Å²) in [5.41, 5.74) is 3.58. The van der Waals surface area contributed by atoms with Gasteiger partial charge in [-0.25, -0.2) is 4.52 Å². The van der Waals surface area contributed by atoms with Gasteiger partial charge in [-0.15, -0.1) is 0 Å². The molecule has 0 unspecified atom stereocenters. The number of carbonyl (C=O) groups is 1. The van der Waals surface area contributed by atoms with Gasteiger partial charge in [-0.2, -0.15) is 5.10 Å². The van der Waals surface area contributed by atoms with E-state index in [9.17, 15) is 4.79 Å². The van der Waals surface area contributed by atoms with Crippen molar-refractivity contribution in [3.63, 3.8) is 0 Å². The lowest BCUT2D eigenvalue weighted by molar-refractivity contribution is 0.104. The lowest BCUT2D eigenvalue weighted by Gasteiger charge is -2.26. The van der Waals surface area contributed by atoms with Gasteiger partial charge in [-0.3, -0.25) is 4.79 Å². The summed E-state index contributed by atoms with van der Waals surface area (Å²) >= 11 is 0. The average molecular weight is 276 g/mol. The van der Waals surface area contributed by atoms with E-state index >= 15 is 0 Å². The second-order valence-corrected chi connectivity index (χ2v) is 5.67. The third kappa shape index (κ3) is 2.05. The first kappa shape index (κ1) is 12.3. The summed E-state index contributed by atoms with van der Waals surface area (Å²) in [6.07, 6.45) is 7.31. The van der Waals surface area contributed by atoms with E-state index < -0.39 is 0 Å². The molecule has 0 spiro atoms. The molecule has 2 aromatic heterocycles. The Hall–Kier alpha value is -2.42. The van der Waals surface area contributed by atoms with Gasteiger partial charge in [0.1, 0.15) is 0 Å². The fourth-order valence-electron chi connectivity index (χ4n) is 2.94. The number of hydrogen-bond donors (Lipinski definition) is 0. The lowest BCUT2D eigenvalue weighted by Crippen LogP contribution is -2.10. The van der Waals surface area contributed by atoms with Gasteiger partial charge in [-0.1, -0.05) is 30.7 Å². The first-order valence-corrected chi connectivity index (χ1v) is 7.40. The fourth-order valence-corrected chi connectivity index (χ4v) is 2.94. The number of aromatic nitrogens is 2. The molecule has 0 radical (unpaired) electrons. The normalized spacial score (nSPS) is 15.0. The zero-order valence-electron chi connectivity index (χ0n) is 11.7. The van der Waals surface area contributed by atoms with Crippen LogP contribution < -0.4 is 0 Å². The highest BCUT2D eigenvalue weighted by molar-refractivity contribution is 6.13. The van der Waals surface area contributed by atoms with Crippen molar-refractivity contribution < 1.29 is 4.79 Å². The molecule has 21 heavy (non-hydrogen) atoms. The van der Waals surface area contributed by atoms with Crippen LogP contribution in [0.25, 0.3) is 5.52 Å². The lowest BCUT2D eigenvalue weighted by atomic mass is 9.79. The van der Waals surface area contributed by atoms with Gasteiger partial charge in [0.15, 0.2) is 5.78 Å².